The van der Waals surface area contributed by atoms with Gasteiger partial charge < -0.3 is 14.7 Å². The van der Waals surface area contributed by atoms with Crippen LogP contribution in [0.4, 0.5) is 0 Å². The first-order valence-corrected chi connectivity index (χ1v) is 8.20. The van der Waals surface area contributed by atoms with Crippen LogP contribution in [0.5, 0.6) is 5.88 Å². The highest BCUT2D eigenvalue weighted by Gasteiger charge is 2.35. The number of amides is 1. The second kappa shape index (κ2) is 6.65. The topological polar surface area (TPSA) is 62.7 Å². The minimum atomic E-state index is -0.446. The highest BCUT2D eigenvalue weighted by atomic mass is 16.5. The summed E-state index contributed by atoms with van der Waals surface area (Å²) in [5, 5.41) is 9.88. The number of aliphatic hydroxyl groups excluding tert-OH is 1. The number of hydrogen-bond acceptors (Lipinski definition) is 4. The summed E-state index contributed by atoms with van der Waals surface area (Å²) in [5.41, 5.74) is 0.945. The quantitative estimate of drug-likeness (QED) is 0.927. The summed E-state index contributed by atoms with van der Waals surface area (Å²) in [6.07, 6.45) is 3.85. The summed E-state index contributed by atoms with van der Waals surface area (Å²) in [6, 6.07) is 5.76. The van der Waals surface area contributed by atoms with Crippen LogP contribution >= 0.6 is 0 Å². The van der Waals surface area contributed by atoms with E-state index in [-0.39, 0.29) is 17.9 Å². The van der Waals surface area contributed by atoms with Crippen LogP contribution in [-0.4, -0.2) is 46.2 Å². The predicted molar refractivity (Wildman–Crippen MR) is 82.6 cm³/mol. The number of aryl methyl sites for hydroxylation is 1. The van der Waals surface area contributed by atoms with Crippen molar-refractivity contribution in [3.8, 4) is 5.88 Å². The van der Waals surface area contributed by atoms with Gasteiger partial charge in [0.05, 0.1) is 12.0 Å². The van der Waals surface area contributed by atoms with Crippen LogP contribution in [0.2, 0.25) is 0 Å². The smallest absolute Gasteiger partial charge is 0.228 e. The fourth-order valence-electron chi connectivity index (χ4n) is 3.41. The number of aliphatic hydroxyl groups is 1. The van der Waals surface area contributed by atoms with Crippen molar-refractivity contribution in [2.45, 2.75) is 51.2 Å². The third-order valence-electron chi connectivity index (χ3n) is 4.70. The Labute approximate surface area is 131 Å². The molecule has 1 aliphatic carbocycles. The van der Waals surface area contributed by atoms with Gasteiger partial charge in [-0.05, 0) is 32.3 Å². The van der Waals surface area contributed by atoms with E-state index in [9.17, 15) is 9.90 Å². The summed E-state index contributed by atoms with van der Waals surface area (Å²) >= 11 is 0. The Morgan fingerprint density at radius 2 is 2.05 bits per heavy atom. The molecule has 0 spiro atoms. The Morgan fingerprint density at radius 3 is 2.68 bits per heavy atom. The van der Waals surface area contributed by atoms with Crippen molar-refractivity contribution in [1.29, 1.82) is 0 Å². The molecule has 1 saturated heterocycles. The molecule has 1 amide bonds. The average molecular weight is 304 g/mol. The van der Waals surface area contributed by atoms with E-state index in [1.54, 1.807) is 0 Å². The number of nitrogens with zero attached hydrogens (tertiary/aromatic N) is 2. The Hall–Kier alpha value is -1.62. The third kappa shape index (κ3) is 3.40. The number of piperidine rings is 1. The zero-order valence-electron chi connectivity index (χ0n) is 13.1. The number of likely N-dealkylation sites (tertiary alicyclic amines) is 1. The van der Waals surface area contributed by atoms with Gasteiger partial charge in [-0.3, -0.25) is 4.79 Å². The van der Waals surface area contributed by atoms with Crippen molar-refractivity contribution in [2.24, 2.45) is 5.92 Å². The van der Waals surface area contributed by atoms with Gasteiger partial charge in [-0.2, -0.15) is 0 Å². The summed E-state index contributed by atoms with van der Waals surface area (Å²) in [6.45, 7) is 3.36. The predicted octanol–water partition coefficient (Wildman–Crippen LogP) is 1.92. The van der Waals surface area contributed by atoms with E-state index in [0.717, 1.165) is 37.8 Å². The average Bonchev–Trinajstić information content (AvgIpc) is 2.93. The molecule has 1 aromatic heterocycles. The summed E-state index contributed by atoms with van der Waals surface area (Å²) < 4.78 is 5.91. The SMILES string of the molecule is Cc1cccc(OC2CCN(C(=O)C3CCCC3O)CC2)n1. The van der Waals surface area contributed by atoms with Crippen molar-refractivity contribution >= 4 is 5.91 Å². The molecular weight excluding hydrogens is 280 g/mol. The minimum Gasteiger partial charge on any atom is -0.474 e. The highest BCUT2D eigenvalue weighted by molar-refractivity contribution is 5.79. The van der Waals surface area contributed by atoms with Gasteiger partial charge in [0.2, 0.25) is 11.8 Å². The third-order valence-corrected chi connectivity index (χ3v) is 4.70. The van der Waals surface area contributed by atoms with Crippen LogP contribution in [-0.2, 0) is 4.79 Å². The molecule has 1 aliphatic heterocycles. The van der Waals surface area contributed by atoms with Gasteiger partial charge >= 0.3 is 0 Å². The maximum Gasteiger partial charge on any atom is 0.228 e. The Kier molecular flexibility index (Phi) is 4.62. The van der Waals surface area contributed by atoms with Gasteiger partial charge in [0.25, 0.3) is 0 Å². The zero-order valence-corrected chi connectivity index (χ0v) is 13.1. The molecule has 0 bridgehead atoms. The minimum absolute atomic E-state index is 0.117. The zero-order chi connectivity index (χ0) is 15.5. The maximum atomic E-state index is 12.4. The molecule has 120 valence electrons. The number of ether oxygens (including phenoxy) is 1. The number of carbonyl (C=O) groups is 1. The van der Waals surface area contributed by atoms with E-state index in [2.05, 4.69) is 4.98 Å². The lowest BCUT2D eigenvalue weighted by molar-refractivity contribution is -0.140. The first-order chi connectivity index (χ1) is 10.6. The van der Waals surface area contributed by atoms with Gasteiger partial charge in [-0.25, -0.2) is 4.98 Å². The maximum absolute atomic E-state index is 12.4. The lowest BCUT2D eigenvalue weighted by Crippen LogP contribution is -2.45. The molecule has 1 aromatic rings. The Balaban J connectivity index is 1.51. The first kappa shape index (κ1) is 15.3. The number of hydrogen-bond donors (Lipinski definition) is 1. The van der Waals surface area contributed by atoms with Crippen molar-refractivity contribution in [2.75, 3.05) is 13.1 Å². The molecule has 5 nitrogen and oxygen atoms in total. The van der Waals surface area contributed by atoms with E-state index in [1.165, 1.54) is 0 Å². The highest BCUT2D eigenvalue weighted by Crippen LogP contribution is 2.28. The lowest BCUT2D eigenvalue weighted by atomic mass is 10.0. The molecule has 1 saturated carbocycles. The van der Waals surface area contributed by atoms with Crippen LogP contribution in [0.1, 0.15) is 37.8 Å². The molecule has 2 fully saturated rings. The van der Waals surface area contributed by atoms with Crippen LogP contribution < -0.4 is 4.74 Å². The largest absolute Gasteiger partial charge is 0.474 e. The molecular formula is C17H24N2O3. The second-order valence-electron chi connectivity index (χ2n) is 6.36. The molecule has 22 heavy (non-hydrogen) atoms. The van der Waals surface area contributed by atoms with Crippen molar-refractivity contribution < 1.29 is 14.6 Å². The normalized spacial score (nSPS) is 26.2. The van der Waals surface area contributed by atoms with Gasteiger partial charge in [0.1, 0.15) is 6.10 Å². The summed E-state index contributed by atoms with van der Waals surface area (Å²) in [7, 11) is 0. The van der Waals surface area contributed by atoms with Crippen LogP contribution in [0.25, 0.3) is 0 Å². The van der Waals surface area contributed by atoms with Gasteiger partial charge in [0, 0.05) is 37.7 Å². The van der Waals surface area contributed by atoms with E-state index >= 15 is 0 Å². The fourth-order valence-corrected chi connectivity index (χ4v) is 3.41. The van der Waals surface area contributed by atoms with E-state index in [0.29, 0.717) is 19.0 Å². The summed E-state index contributed by atoms with van der Waals surface area (Å²) in [4.78, 5) is 18.7. The molecule has 2 unspecified atom stereocenters. The van der Waals surface area contributed by atoms with E-state index in [1.807, 2.05) is 30.0 Å². The van der Waals surface area contributed by atoms with E-state index in [4.69, 9.17) is 4.74 Å². The van der Waals surface area contributed by atoms with E-state index < -0.39 is 6.10 Å². The number of rotatable bonds is 3. The molecule has 2 aliphatic rings. The van der Waals surface area contributed by atoms with Crippen molar-refractivity contribution in [3.63, 3.8) is 0 Å². The molecule has 5 heteroatoms. The molecule has 1 N–H and O–H groups in total. The molecule has 3 rings (SSSR count). The number of carbonyl (C=O) groups excluding carboxylic acids is 1. The molecule has 0 aromatic carbocycles. The first-order valence-electron chi connectivity index (χ1n) is 8.20. The molecule has 2 atom stereocenters. The fraction of sp³-hybridized carbons (Fsp3) is 0.647. The van der Waals surface area contributed by atoms with Crippen LogP contribution in [0.3, 0.4) is 0 Å². The van der Waals surface area contributed by atoms with Gasteiger partial charge in [0.15, 0.2) is 0 Å². The van der Waals surface area contributed by atoms with Gasteiger partial charge in [-0.15, -0.1) is 0 Å². The second-order valence-corrected chi connectivity index (χ2v) is 6.36. The Bertz CT molecular complexity index is 526. The van der Waals surface area contributed by atoms with Crippen molar-refractivity contribution in [3.05, 3.63) is 23.9 Å². The number of pyridine rings is 1. The molecule has 0 radical (unpaired) electrons. The standard InChI is InChI=1S/C17H24N2O3/c1-12-4-2-7-16(18-12)22-13-8-10-19(11-9-13)17(21)14-5-3-6-15(14)20/h2,4,7,13-15,20H,3,5-6,8-11H2,1H3. The van der Waals surface area contributed by atoms with Gasteiger partial charge in [-0.1, -0.05) is 6.07 Å². The monoisotopic (exact) mass is 304 g/mol. The van der Waals surface area contributed by atoms with Crippen LogP contribution in [0.15, 0.2) is 18.2 Å². The van der Waals surface area contributed by atoms with Crippen molar-refractivity contribution in [1.82, 2.24) is 9.88 Å². The molecule has 2 heterocycles. The Morgan fingerprint density at radius 1 is 1.27 bits per heavy atom. The lowest BCUT2D eigenvalue weighted by Gasteiger charge is -2.34. The summed E-state index contributed by atoms with van der Waals surface area (Å²) in [5.74, 6) is 0.601. The number of aromatic nitrogens is 1. The van der Waals surface area contributed by atoms with Crippen LogP contribution in [0, 0.1) is 12.8 Å².